The van der Waals surface area contributed by atoms with E-state index in [4.69, 9.17) is 0 Å². The van der Waals surface area contributed by atoms with E-state index in [0.29, 0.717) is 0 Å². The van der Waals surface area contributed by atoms with Crippen LogP contribution >= 0.6 is 0 Å². The largest absolute Gasteiger partial charge is 0.453 e. The predicted octanol–water partition coefficient (Wildman–Crippen LogP) is 2.79. The van der Waals surface area contributed by atoms with Crippen molar-refractivity contribution in [3.05, 3.63) is 0 Å². The van der Waals surface area contributed by atoms with E-state index in [1.807, 2.05) is 25.7 Å². The number of likely N-dealkylation sites (tertiary alicyclic amines) is 1. The summed E-state index contributed by atoms with van der Waals surface area (Å²) in [4.78, 5) is 26.4. The highest BCUT2D eigenvalue weighted by Crippen LogP contribution is 2.33. The van der Waals surface area contributed by atoms with Crippen molar-refractivity contribution in [3.8, 4) is 0 Å². The van der Waals surface area contributed by atoms with Crippen LogP contribution in [0.15, 0.2) is 0 Å². The molecule has 1 rings (SSSR count). The number of carbonyl (C=O) groups is 2. The summed E-state index contributed by atoms with van der Waals surface area (Å²) in [5.41, 5.74) is -0.0435. The third kappa shape index (κ3) is 3.89. The van der Waals surface area contributed by atoms with Gasteiger partial charge in [0.05, 0.1) is 13.0 Å². The molecule has 1 aliphatic rings. The van der Waals surface area contributed by atoms with Crippen molar-refractivity contribution in [3.63, 3.8) is 0 Å². The van der Waals surface area contributed by atoms with Gasteiger partial charge in [-0.05, 0) is 32.1 Å². The highest BCUT2D eigenvalue weighted by atomic mass is 16.5. The van der Waals surface area contributed by atoms with Crippen LogP contribution in [0.1, 0.15) is 53.9 Å². The van der Waals surface area contributed by atoms with E-state index in [0.717, 1.165) is 25.8 Å². The van der Waals surface area contributed by atoms with Crippen molar-refractivity contribution in [2.45, 2.75) is 65.5 Å². The van der Waals surface area contributed by atoms with Gasteiger partial charge in [-0.15, -0.1) is 0 Å². The van der Waals surface area contributed by atoms with Gasteiger partial charge in [-0.2, -0.15) is 0 Å². The zero-order valence-electron chi connectivity index (χ0n) is 14.2. The number of methoxy groups -OCH3 is 1. The number of carbonyl (C=O) groups excluding carboxylic acids is 2. The zero-order chi connectivity index (χ0) is 16.2. The number of nitrogens with zero attached hydrogens (tertiary/aromatic N) is 1. The summed E-state index contributed by atoms with van der Waals surface area (Å²) in [6.07, 6.45) is 2.59. The van der Waals surface area contributed by atoms with Crippen molar-refractivity contribution >= 4 is 12.0 Å². The highest BCUT2D eigenvalue weighted by Gasteiger charge is 2.41. The van der Waals surface area contributed by atoms with Crippen LogP contribution in [0, 0.1) is 11.8 Å². The molecule has 5 heteroatoms. The molecule has 3 atom stereocenters. The molecule has 5 nitrogen and oxygen atoms in total. The molecule has 0 saturated carbocycles. The lowest BCUT2D eigenvalue weighted by atomic mass is 9.88. The number of alkyl carbamates (subject to hydrolysis) is 1. The first-order valence-electron chi connectivity index (χ1n) is 7.92. The quantitative estimate of drug-likeness (QED) is 0.849. The lowest BCUT2D eigenvalue weighted by molar-refractivity contribution is -0.140. The number of amides is 2. The summed E-state index contributed by atoms with van der Waals surface area (Å²) >= 11 is 0. The van der Waals surface area contributed by atoms with E-state index in [-0.39, 0.29) is 29.3 Å². The monoisotopic (exact) mass is 298 g/mol. The molecule has 0 aromatic rings. The molecule has 3 unspecified atom stereocenters. The maximum absolute atomic E-state index is 12.9. The second-order valence-corrected chi connectivity index (χ2v) is 6.64. The Hall–Kier alpha value is -1.26. The molecule has 1 aliphatic heterocycles. The number of ether oxygens (including phenoxy) is 1. The van der Waals surface area contributed by atoms with Gasteiger partial charge in [0.15, 0.2) is 0 Å². The second-order valence-electron chi connectivity index (χ2n) is 6.64. The Morgan fingerprint density at radius 3 is 2.43 bits per heavy atom. The molecule has 1 N–H and O–H groups in total. The first-order valence-corrected chi connectivity index (χ1v) is 7.92. The summed E-state index contributed by atoms with van der Waals surface area (Å²) in [6.45, 7) is 11.0. The first kappa shape index (κ1) is 17.8. The van der Waals surface area contributed by atoms with E-state index < -0.39 is 6.09 Å². The van der Waals surface area contributed by atoms with Crippen LogP contribution in [0.2, 0.25) is 0 Å². The molecular weight excluding hydrogens is 268 g/mol. The van der Waals surface area contributed by atoms with Crippen LogP contribution in [0.4, 0.5) is 4.79 Å². The lowest BCUT2D eigenvalue weighted by Crippen LogP contribution is -2.53. The summed E-state index contributed by atoms with van der Waals surface area (Å²) in [6, 6.07) is -0.216. The van der Waals surface area contributed by atoms with E-state index in [9.17, 15) is 9.59 Å². The van der Waals surface area contributed by atoms with Crippen molar-refractivity contribution in [1.82, 2.24) is 10.2 Å². The fourth-order valence-electron chi connectivity index (χ4n) is 3.23. The predicted molar refractivity (Wildman–Crippen MR) is 83.0 cm³/mol. The number of rotatable bonds is 5. The smallest absolute Gasteiger partial charge is 0.407 e. The first-order chi connectivity index (χ1) is 9.76. The van der Waals surface area contributed by atoms with Gasteiger partial charge in [-0.1, -0.05) is 27.7 Å². The van der Waals surface area contributed by atoms with Crippen LogP contribution in [0.3, 0.4) is 0 Å². The maximum atomic E-state index is 12.9. The molecular formula is C16H30N2O3. The Bertz CT molecular complexity index is 384. The van der Waals surface area contributed by atoms with Gasteiger partial charge < -0.3 is 15.0 Å². The average Bonchev–Trinajstić information content (AvgIpc) is 2.85. The van der Waals surface area contributed by atoms with Crippen LogP contribution in [0.5, 0.6) is 0 Å². The van der Waals surface area contributed by atoms with Gasteiger partial charge in [0.2, 0.25) is 5.91 Å². The van der Waals surface area contributed by atoms with Gasteiger partial charge in [0, 0.05) is 18.1 Å². The fourth-order valence-corrected chi connectivity index (χ4v) is 3.23. The molecule has 0 spiro atoms. The molecule has 1 heterocycles. The molecule has 21 heavy (non-hydrogen) atoms. The minimum Gasteiger partial charge on any atom is -0.453 e. The average molecular weight is 298 g/mol. The molecule has 122 valence electrons. The van der Waals surface area contributed by atoms with Gasteiger partial charge in [-0.25, -0.2) is 4.79 Å². The number of hydrogen-bond donors (Lipinski definition) is 1. The second kappa shape index (κ2) is 7.14. The third-order valence-corrected chi connectivity index (χ3v) is 4.89. The van der Waals surface area contributed by atoms with Crippen LogP contribution in [0.25, 0.3) is 0 Å². The van der Waals surface area contributed by atoms with Crippen LogP contribution in [-0.4, -0.2) is 42.1 Å². The van der Waals surface area contributed by atoms with Crippen LogP contribution in [-0.2, 0) is 9.53 Å². The Morgan fingerprint density at radius 1 is 1.33 bits per heavy atom. The van der Waals surface area contributed by atoms with Crippen molar-refractivity contribution in [2.24, 2.45) is 11.8 Å². The van der Waals surface area contributed by atoms with E-state index >= 15 is 0 Å². The molecule has 0 bridgehead atoms. The minimum atomic E-state index is -0.479. The van der Waals surface area contributed by atoms with Gasteiger partial charge in [-0.3, -0.25) is 4.79 Å². The summed E-state index contributed by atoms with van der Waals surface area (Å²) in [5.74, 6) is 0.0403. The highest BCUT2D eigenvalue weighted by molar-refractivity contribution is 5.81. The standard InChI is InChI=1S/C16H30N2O3/c1-7-16(5)9-8-10-18(16)14(19)12(4)13(11(2)3)17-15(20)21-6/h11-13H,7-10H2,1-6H3,(H,17,20). The molecule has 0 aromatic heterocycles. The Kier molecular flexibility index (Phi) is 6.05. The lowest BCUT2D eigenvalue weighted by Gasteiger charge is -2.38. The molecule has 0 aromatic carbocycles. The SMILES string of the molecule is CCC1(C)CCCN1C(=O)C(C)C(NC(=O)OC)C(C)C. The van der Waals surface area contributed by atoms with Crippen molar-refractivity contribution < 1.29 is 14.3 Å². The Labute approximate surface area is 128 Å². The minimum absolute atomic E-state index is 0.0435. The number of nitrogens with one attached hydrogen (secondary N) is 1. The van der Waals surface area contributed by atoms with Crippen LogP contribution < -0.4 is 5.32 Å². The molecule has 2 amide bonds. The van der Waals surface area contributed by atoms with Gasteiger partial charge >= 0.3 is 6.09 Å². The fraction of sp³-hybridized carbons (Fsp3) is 0.875. The summed E-state index contributed by atoms with van der Waals surface area (Å²) in [5, 5.41) is 2.81. The summed E-state index contributed by atoms with van der Waals surface area (Å²) in [7, 11) is 1.34. The van der Waals surface area contributed by atoms with E-state index in [2.05, 4.69) is 23.9 Å². The maximum Gasteiger partial charge on any atom is 0.407 e. The van der Waals surface area contributed by atoms with Gasteiger partial charge in [0.25, 0.3) is 0 Å². The molecule has 0 radical (unpaired) electrons. The third-order valence-electron chi connectivity index (χ3n) is 4.89. The topological polar surface area (TPSA) is 58.6 Å². The Balaban J connectivity index is 2.85. The molecule has 0 aliphatic carbocycles. The Morgan fingerprint density at radius 2 is 1.95 bits per heavy atom. The van der Waals surface area contributed by atoms with E-state index in [1.165, 1.54) is 7.11 Å². The molecule has 1 fully saturated rings. The summed E-state index contributed by atoms with van der Waals surface area (Å²) < 4.78 is 4.67. The van der Waals surface area contributed by atoms with Crippen molar-refractivity contribution in [1.29, 1.82) is 0 Å². The zero-order valence-corrected chi connectivity index (χ0v) is 14.2. The normalized spacial score (nSPS) is 24.8. The number of hydrogen-bond acceptors (Lipinski definition) is 3. The van der Waals surface area contributed by atoms with E-state index in [1.54, 1.807) is 0 Å². The molecule has 1 saturated heterocycles. The van der Waals surface area contributed by atoms with Crippen molar-refractivity contribution in [2.75, 3.05) is 13.7 Å². The van der Waals surface area contributed by atoms with Gasteiger partial charge in [0.1, 0.15) is 0 Å².